The topological polar surface area (TPSA) is 68.0 Å². The normalized spacial score (nSPS) is 11.2. The molecular formula is C17H16N6. The third-order valence-corrected chi connectivity index (χ3v) is 3.90. The number of nitrogens with zero attached hydrogens (tertiary/aromatic N) is 5. The van der Waals surface area contributed by atoms with Crippen LogP contribution in [0.15, 0.2) is 48.5 Å². The van der Waals surface area contributed by atoms with Crippen LogP contribution in [0.5, 0.6) is 0 Å². The molecule has 0 saturated heterocycles. The molecule has 0 atom stereocenters. The molecule has 114 valence electrons. The van der Waals surface area contributed by atoms with Crippen molar-refractivity contribution in [3.63, 3.8) is 0 Å². The molecule has 0 amide bonds. The van der Waals surface area contributed by atoms with Crippen molar-refractivity contribution in [2.75, 3.05) is 11.9 Å². The summed E-state index contributed by atoms with van der Waals surface area (Å²) in [6.45, 7) is 2.90. The molecular weight excluding hydrogens is 288 g/mol. The minimum absolute atomic E-state index is 0.671. The van der Waals surface area contributed by atoms with Gasteiger partial charge in [0.05, 0.1) is 0 Å². The number of aryl methyl sites for hydroxylation is 1. The molecule has 2 heterocycles. The van der Waals surface area contributed by atoms with E-state index < -0.39 is 0 Å². The summed E-state index contributed by atoms with van der Waals surface area (Å²) in [5.41, 5.74) is 3.25. The molecule has 0 bridgehead atoms. The number of nitrogens with one attached hydrogen (secondary N) is 1. The van der Waals surface area contributed by atoms with E-state index >= 15 is 0 Å². The van der Waals surface area contributed by atoms with E-state index in [0.717, 1.165) is 29.6 Å². The first-order chi connectivity index (χ1) is 11.3. The van der Waals surface area contributed by atoms with E-state index in [-0.39, 0.29) is 0 Å². The van der Waals surface area contributed by atoms with Crippen LogP contribution in [0, 0.1) is 6.92 Å². The van der Waals surface area contributed by atoms with Gasteiger partial charge in [-0.3, -0.25) is 0 Å². The molecule has 1 N–H and O–H groups in total. The van der Waals surface area contributed by atoms with Gasteiger partial charge in [0.15, 0.2) is 5.82 Å². The van der Waals surface area contributed by atoms with Gasteiger partial charge in [0.2, 0.25) is 5.65 Å². The molecule has 2 aromatic heterocycles. The first-order valence-corrected chi connectivity index (χ1v) is 7.58. The Labute approximate surface area is 133 Å². The molecule has 0 saturated carbocycles. The minimum atomic E-state index is 0.671. The summed E-state index contributed by atoms with van der Waals surface area (Å²) >= 11 is 0. The SMILES string of the molecule is Cc1ccc(CCNc2nn3nnnc3c3ccccc23)cc1. The van der Waals surface area contributed by atoms with Gasteiger partial charge in [-0.25, -0.2) is 0 Å². The van der Waals surface area contributed by atoms with Gasteiger partial charge in [-0.05, 0) is 29.3 Å². The monoisotopic (exact) mass is 304 g/mol. The lowest BCUT2D eigenvalue weighted by Crippen LogP contribution is -2.09. The van der Waals surface area contributed by atoms with Crippen molar-refractivity contribution in [1.29, 1.82) is 0 Å². The standard InChI is InChI=1S/C17H16N6/c1-12-6-8-13(9-7-12)10-11-18-16-14-4-2-3-5-15(14)17-19-21-22-23(17)20-16/h2-9H,10-11H2,1H3,(H,18,20). The Balaban J connectivity index is 1.61. The van der Waals surface area contributed by atoms with E-state index in [2.05, 4.69) is 57.1 Å². The molecule has 0 aliphatic carbocycles. The molecule has 0 fully saturated rings. The van der Waals surface area contributed by atoms with Gasteiger partial charge in [-0.2, -0.15) is 0 Å². The summed E-state index contributed by atoms with van der Waals surface area (Å²) in [5.74, 6) is 0.799. The van der Waals surface area contributed by atoms with Gasteiger partial charge in [0.25, 0.3) is 0 Å². The lowest BCUT2D eigenvalue weighted by Gasteiger charge is -2.09. The average molecular weight is 304 g/mol. The summed E-state index contributed by atoms with van der Waals surface area (Å²) in [6.07, 6.45) is 0.934. The Bertz CT molecular complexity index is 958. The van der Waals surface area contributed by atoms with Crippen LogP contribution in [-0.4, -0.2) is 31.8 Å². The summed E-state index contributed by atoms with van der Waals surface area (Å²) in [6, 6.07) is 16.6. The Hall–Kier alpha value is -3.02. The molecule has 0 aliphatic rings. The van der Waals surface area contributed by atoms with Crippen LogP contribution in [0.2, 0.25) is 0 Å². The predicted octanol–water partition coefficient (Wildman–Crippen LogP) is 2.64. The maximum Gasteiger partial charge on any atom is 0.207 e. The van der Waals surface area contributed by atoms with Crippen molar-refractivity contribution < 1.29 is 0 Å². The molecule has 0 unspecified atom stereocenters. The van der Waals surface area contributed by atoms with Crippen LogP contribution in [0.1, 0.15) is 11.1 Å². The number of aromatic nitrogens is 5. The molecule has 0 radical (unpaired) electrons. The van der Waals surface area contributed by atoms with E-state index in [1.807, 2.05) is 24.3 Å². The fourth-order valence-corrected chi connectivity index (χ4v) is 2.66. The van der Waals surface area contributed by atoms with Gasteiger partial charge < -0.3 is 5.32 Å². The fourth-order valence-electron chi connectivity index (χ4n) is 2.66. The molecule has 4 aromatic rings. The summed E-state index contributed by atoms with van der Waals surface area (Å²) in [5, 5.41) is 21.5. The summed E-state index contributed by atoms with van der Waals surface area (Å²) in [4.78, 5) is 0. The maximum absolute atomic E-state index is 4.48. The van der Waals surface area contributed by atoms with Crippen molar-refractivity contribution in [1.82, 2.24) is 25.3 Å². The number of hydrogen-bond acceptors (Lipinski definition) is 5. The number of benzene rings is 2. The van der Waals surface area contributed by atoms with Crippen LogP contribution < -0.4 is 5.32 Å². The zero-order valence-electron chi connectivity index (χ0n) is 12.8. The Morgan fingerprint density at radius 3 is 2.61 bits per heavy atom. The molecule has 6 nitrogen and oxygen atoms in total. The zero-order chi connectivity index (χ0) is 15.6. The van der Waals surface area contributed by atoms with Gasteiger partial charge in [-0.1, -0.05) is 54.1 Å². The van der Waals surface area contributed by atoms with Crippen molar-refractivity contribution in [3.05, 3.63) is 59.7 Å². The molecule has 0 spiro atoms. The van der Waals surface area contributed by atoms with Crippen LogP contribution in [-0.2, 0) is 6.42 Å². The average Bonchev–Trinajstić information content (AvgIpc) is 3.05. The second kappa shape index (κ2) is 5.64. The summed E-state index contributed by atoms with van der Waals surface area (Å²) in [7, 11) is 0. The van der Waals surface area contributed by atoms with Gasteiger partial charge in [0.1, 0.15) is 0 Å². The highest BCUT2D eigenvalue weighted by molar-refractivity contribution is 5.99. The molecule has 4 rings (SSSR count). The quantitative estimate of drug-likeness (QED) is 0.628. The van der Waals surface area contributed by atoms with E-state index in [1.54, 1.807) is 0 Å². The van der Waals surface area contributed by atoms with E-state index in [9.17, 15) is 0 Å². The minimum Gasteiger partial charge on any atom is -0.368 e. The lowest BCUT2D eigenvalue weighted by atomic mass is 10.1. The van der Waals surface area contributed by atoms with Crippen molar-refractivity contribution >= 4 is 22.2 Å². The highest BCUT2D eigenvalue weighted by Crippen LogP contribution is 2.23. The zero-order valence-corrected chi connectivity index (χ0v) is 12.8. The lowest BCUT2D eigenvalue weighted by molar-refractivity contribution is 0.737. The number of rotatable bonds is 4. The smallest absolute Gasteiger partial charge is 0.207 e. The maximum atomic E-state index is 4.48. The highest BCUT2D eigenvalue weighted by atomic mass is 15.6. The summed E-state index contributed by atoms with van der Waals surface area (Å²) < 4.78 is 1.47. The first-order valence-electron chi connectivity index (χ1n) is 7.58. The number of tetrazole rings is 1. The Kier molecular flexibility index (Phi) is 3.34. The van der Waals surface area contributed by atoms with Crippen LogP contribution in [0.25, 0.3) is 16.4 Å². The predicted molar refractivity (Wildman–Crippen MR) is 89.5 cm³/mol. The Morgan fingerprint density at radius 1 is 1.00 bits per heavy atom. The van der Waals surface area contributed by atoms with Crippen molar-refractivity contribution in [2.24, 2.45) is 0 Å². The van der Waals surface area contributed by atoms with Gasteiger partial charge in [0, 0.05) is 17.3 Å². The van der Waals surface area contributed by atoms with Gasteiger partial charge in [-0.15, -0.1) is 14.8 Å². The second-order valence-electron chi connectivity index (χ2n) is 5.55. The van der Waals surface area contributed by atoms with Crippen LogP contribution >= 0.6 is 0 Å². The van der Waals surface area contributed by atoms with Crippen LogP contribution in [0.3, 0.4) is 0 Å². The second-order valence-corrected chi connectivity index (χ2v) is 5.55. The Morgan fingerprint density at radius 2 is 1.78 bits per heavy atom. The van der Waals surface area contributed by atoms with E-state index in [4.69, 9.17) is 0 Å². The number of hydrogen-bond donors (Lipinski definition) is 1. The van der Waals surface area contributed by atoms with Crippen LogP contribution in [0.4, 0.5) is 5.82 Å². The third kappa shape index (κ3) is 2.59. The van der Waals surface area contributed by atoms with E-state index in [1.165, 1.54) is 15.8 Å². The van der Waals surface area contributed by atoms with Crippen molar-refractivity contribution in [3.8, 4) is 0 Å². The molecule has 2 aromatic carbocycles. The molecule has 6 heteroatoms. The number of anilines is 1. The fraction of sp³-hybridized carbons (Fsp3) is 0.176. The van der Waals surface area contributed by atoms with Gasteiger partial charge >= 0.3 is 0 Å². The largest absolute Gasteiger partial charge is 0.368 e. The molecule has 0 aliphatic heterocycles. The first kappa shape index (κ1) is 13.6. The van der Waals surface area contributed by atoms with E-state index in [0.29, 0.717) is 5.65 Å². The third-order valence-electron chi connectivity index (χ3n) is 3.90. The number of fused-ring (bicyclic) bond motifs is 3. The van der Waals surface area contributed by atoms with Crippen molar-refractivity contribution in [2.45, 2.75) is 13.3 Å². The highest BCUT2D eigenvalue weighted by Gasteiger charge is 2.10. The molecule has 23 heavy (non-hydrogen) atoms.